The second kappa shape index (κ2) is 4.94. The largest absolute Gasteiger partial charge is 0.493 e. The van der Waals surface area contributed by atoms with Gasteiger partial charge in [-0.3, -0.25) is 0 Å². The van der Waals surface area contributed by atoms with Gasteiger partial charge in [0.1, 0.15) is 10.8 Å². The molecule has 0 amide bonds. The molecule has 0 aliphatic carbocycles. The summed E-state index contributed by atoms with van der Waals surface area (Å²) in [6.45, 7) is 6.02. The zero-order valence-electron chi connectivity index (χ0n) is 11.2. The molecule has 0 fully saturated rings. The van der Waals surface area contributed by atoms with Crippen molar-refractivity contribution in [1.29, 1.82) is 0 Å². The monoisotopic (exact) mass is 274 g/mol. The van der Waals surface area contributed by atoms with Crippen LogP contribution >= 0.6 is 11.3 Å². The second-order valence-corrected chi connectivity index (χ2v) is 6.28. The Hall–Kier alpha value is -1.39. The summed E-state index contributed by atoms with van der Waals surface area (Å²) in [4.78, 5) is 4.40. The van der Waals surface area contributed by atoms with E-state index in [2.05, 4.69) is 36.3 Å². The highest BCUT2D eigenvalue weighted by atomic mass is 32.1. The van der Waals surface area contributed by atoms with Crippen molar-refractivity contribution in [2.75, 3.05) is 13.2 Å². The Morgan fingerprint density at radius 1 is 1.42 bits per heavy atom. The van der Waals surface area contributed by atoms with Gasteiger partial charge in [0, 0.05) is 29.6 Å². The highest BCUT2D eigenvalue weighted by Gasteiger charge is 2.28. The van der Waals surface area contributed by atoms with E-state index in [4.69, 9.17) is 4.74 Å². The highest BCUT2D eigenvalue weighted by Crippen LogP contribution is 2.33. The molecule has 1 atom stereocenters. The minimum Gasteiger partial charge on any atom is -0.493 e. The van der Waals surface area contributed by atoms with Crippen molar-refractivity contribution in [2.45, 2.75) is 25.3 Å². The Balaban J connectivity index is 1.68. The lowest BCUT2D eigenvalue weighted by molar-refractivity contribution is 0.308. The molecule has 0 bridgehead atoms. The van der Waals surface area contributed by atoms with Crippen LogP contribution in [0.5, 0.6) is 5.75 Å². The maximum Gasteiger partial charge on any atom is 0.122 e. The van der Waals surface area contributed by atoms with Crippen LogP contribution in [0.3, 0.4) is 0 Å². The number of benzene rings is 1. The van der Waals surface area contributed by atoms with Gasteiger partial charge in [-0.1, -0.05) is 18.2 Å². The molecule has 1 aliphatic rings. The third kappa shape index (κ3) is 2.51. The van der Waals surface area contributed by atoms with Gasteiger partial charge in [-0.15, -0.1) is 11.3 Å². The Labute approximate surface area is 117 Å². The zero-order valence-corrected chi connectivity index (χ0v) is 12.0. The Kier molecular flexibility index (Phi) is 3.29. The summed E-state index contributed by atoms with van der Waals surface area (Å²) >= 11 is 1.69. The van der Waals surface area contributed by atoms with E-state index in [0.717, 1.165) is 23.9 Å². The lowest BCUT2D eigenvalue weighted by Crippen LogP contribution is -2.39. The van der Waals surface area contributed by atoms with Gasteiger partial charge in [-0.25, -0.2) is 4.98 Å². The van der Waals surface area contributed by atoms with Crippen LogP contribution in [0, 0.1) is 0 Å². The molecule has 1 aromatic carbocycles. The number of hydrogen-bond acceptors (Lipinski definition) is 4. The molecule has 1 aromatic heterocycles. The molecule has 1 unspecified atom stereocenters. The number of nitrogens with one attached hydrogen (secondary N) is 1. The van der Waals surface area contributed by atoms with E-state index in [9.17, 15) is 0 Å². The summed E-state index contributed by atoms with van der Waals surface area (Å²) in [7, 11) is 0. The van der Waals surface area contributed by atoms with Gasteiger partial charge >= 0.3 is 0 Å². The number of rotatable bonds is 4. The van der Waals surface area contributed by atoms with Crippen LogP contribution in [-0.2, 0) is 5.54 Å². The minimum absolute atomic E-state index is 0.0916. The first-order valence-electron chi connectivity index (χ1n) is 6.53. The van der Waals surface area contributed by atoms with Crippen LogP contribution in [0.1, 0.15) is 30.3 Å². The number of para-hydroxylation sites is 1. The first-order chi connectivity index (χ1) is 9.17. The normalized spacial score (nSPS) is 18.1. The summed E-state index contributed by atoms with van der Waals surface area (Å²) in [5.41, 5.74) is 1.22. The summed E-state index contributed by atoms with van der Waals surface area (Å²) in [5, 5.41) is 6.76. The van der Waals surface area contributed by atoms with Gasteiger partial charge < -0.3 is 10.1 Å². The number of thiazole rings is 1. The fourth-order valence-corrected chi connectivity index (χ4v) is 3.12. The van der Waals surface area contributed by atoms with Gasteiger partial charge in [0.25, 0.3) is 0 Å². The average molecular weight is 274 g/mol. The molecule has 19 heavy (non-hydrogen) atoms. The fourth-order valence-electron chi connectivity index (χ4n) is 2.38. The van der Waals surface area contributed by atoms with Crippen LogP contribution in [0.25, 0.3) is 0 Å². The maximum atomic E-state index is 5.71. The molecule has 3 nitrogen and oxygen atoms in total. The van der Waals surface area contributed by atoms with Crippen LogP contribution in [-0.4, -0.2) is 18.1 Å². The zero-order chi connectivity index (χ0) is 13.3. The van der Waals surface area contributed by atoms with Gasteiger partial charge in [-0.2, -0.15) is 0 Å². The Morgan fingerprint density at radius 2 is 2.26 bits per heavy atom. The quantitative estimate of drug-likeness (QED) is 0.930. The van der Waals surface area contributed by atoms with E-state index in [1.807, 2.05) is 23.7 Å². The Morgan fingerprint density at radius 3 is 3.05 bits per heavy atom. The molecule has 1 N–H and O–H groups in total. The topological polar surface area (TPSA) is 34.1 Å². The third-order valence-corrected chi connectivity index (χ3v) is 4.65. The summed E-state index contributed by atoms with van der Waals surface area (Å²) in [6, 6.07) is 8.30. The summed E-state index contributed by atoms with van der Waals surface area (Å²) < 4.78 is 5.71. The van der Waals surface area contributed by atoms with E-state index in [0.29, 0.717) is 5.92 Å². The van der Waals surface area contributed by atoms with E-state index >= 15 is 0 Å². The van der Waals surface area contributed by atoms with Crippen LogP contribution in [0.4, 0.5) is 0 Å². The fraction of sp³-hybridized carbons (Fsp3) is 0.400. The molecule has 0 radical (unpaired) electrons. The third-order valence-electron chi connectivity index (χ3n) is 3.56. The van der Waals surface area contributed by atoms with Gasteiger partial charge in [-0.05, 0) is 19.9 Å². The van der Waals surface area contributed by atoms with Crippen molar-refractivity contribution >= 4 is 11.3 Å². The first-order valence-corrected chi connectivity index (χ1v) is 7.41. The lowest BCUT2D eigenvalue weighted by atomic mass is 9.99. The van der Waals surface area contributed by atoms with Crippen molar-refractivity contribution in [1.82, 2.24) is 10.3 Å². The number of nitrogens with zero attached hydrogens (tertiary/aromatic N) is 1. The van der Waals surface area contributed by atoms with Crippen molar-refractivity contribution in [3.8, 4) is 5.75 Å². The minimum atomic E-state index is -0.0916. The van der Waals surface area contributed by atoms with E-state index < -0.39 is 0 Å². The van der Waals surface area contributed by atoms with Gasteiger partial charge in [0.2, 0.25) is 0 Å². The molecule has 0 spiro atoms. The van der Waals surface area contributed by atoms with E-state index in [-0.39, 0.29) is 5.54 Å². The van der Waals surface area contributed by atoms with Crippen molar-refractivity contribution in [3.05, 3.63) is 46.4 Å². The maximum absolute atomic E-state index is 5.71. The molecular formula is C15H18N2OS. The van der Waals surface area contributed by atoms with Crippen LogP contribution in [0.2, 0.25) is 0 Å². The number of aromatic nitrogens is 1. The summed E-state index contributed by atoms with van der Waals surface area (Å²) in [5.74, 6) is 1.46. The lowest BCUT2D eigenvalue weighted by Gasteiger charge is -2.25. The number of hydrogen-bond donors (Lipinski definition) is 1. The second-order valence-electron chi connectivity index (χ2n) is 5.39. The van der Waals surface area contributed by atoms with Crippen molar-refractivity contribution in [2.24, 2.45) is 0 Å². The Bertz CT molecular complexity index is 551. The van der Waals surface area contributed by atoms with Crippen molar-refractivity contribution in [3.63, 3.8) is 0 Å². The number of ether oxygens (including phenoxy) is 1. The highest BCUT2D eigenvalue weighted by molar-refractivity contribution is 7.09. The predicted molar refractivity (Wildman–Crippen MR) is 77.8 cm³/mol. The molecule has 2 heterocycles. The molecule has 1 aliphatic heterocycles. The molecule has 4 heteroatoms. The SMILES string of the molecule is CC(C)(NCC1COc2ccccc21)c1nccs1. The molecule has 2 aromatic rings. The molecule has 0 saturated heterocycles. The van der Waals surface area contributed by atoms with Crippen LogP contribution in [0.15, 0.2) is 35.8 Å². The van der Waals surface area contributed by atoms with E-state index in [1.54, 1.807) is 11.3 Å². The summed E-state index contributed by atoms with van der Waals surface area (Å²) in [6.07, 6.45) is 1.86. The predicted octanol–water partition coefficient (Wildman–Crippen LogP) is 3.14. The molecule has 3 rings (SSSR count). The molecule has 100 valence electrons. The smallest absolute Gasteiger partial charge is 0.122 e. The first kappa shape index (κ1) is 12.6. The van der Waals surface area contributed by atoms with Gasteiger partial charge in [0.05, 0.1) is 12.1 Å². The number of fused-ring (bicyclic) bond motifs is 1. The molecular weight excluding hydrogens is 256 g/mol. The van der Waals surface area contributed by atoms with Crippen molar-refractivity contribution < 1.29 is 4.74 Å². The molecule has 0 saturated carbocycles. The average Bonchev–Trinajstić information content (AvgIpc) is 3.07. The van der Waals surface area contributed by atoms with Crippen LogP contribution < -0.4 is 10.1 Å². The standard InChI is InChI=1S/C15H18N2OS/c1-15(2,14-16-7-8-19-14)17-9-11-10-18-13-6-4-3-5-12(11)13/h3-8,11,17H,9-10H2,1-2H3. The van der Waals surface area contributed by atoms with Gasteiger partial charge in [0.15, 0.2) is 0 Å². The van der Waals surface area contributed by atoms with E-state index in [1.165, 1.54) is 5.56 Å².